The molecule has 1 amide bonds. The molecule has 0 radical (unpaired) electrons. The van der Waals surface area contributed by atoms with Crippen molar-refractivity contribution < 1.29 is 9.53 Å². The second kappa shape index (κ2) is 5.22. The number of ether oxygens (including phenoxy) is 1. The highest BCUT2D eigenvalue weighted by atomic mass is 16.5. The van der Waals surface area contributed by atoms with Crippen LogP contribution >= 0.6 is 0 Å². The molecule has 0 saturated carbocycles. The molecule has 2 unspecified atom stereocenters. The van der Waals surface area contributed by atoms with Crippen LogP contribution in [0.15, 0.2) is 0 Å². The number of rotatable bonds is 3. The number of methoxy groups -OCH3 is 1. The second-order valence-corrected chi connectivity index (χ2v) is 3.77. The highest BCUT2D eigenvalue weighted by molar-refractivity contribution is 5.78. The Morgan fingerprint density at radius 3 is 3.08 bits per heavy atom. The maximum atomic E-state index is 11.5. The summed E-state index contributed by atoms with van der Waals surface area (Å²) in [4.78, 5) is 11.5. The van der Waals surface area contributed by atoms with Gasteiger partial charge >= 0.3 is 0 Å². The zero-order chi connectivity index (χ0) is 9.68. The van der Waals surface area contributed by atoms with Gasteiger partial charge in [0, 0.05) is 19.6 Å². The molecule has 1 rings (SSSR count). The van der Waals surface area contributed by atoms with E-state index in [0.717, 1.165) is 32.2 Å². The molecule has 0 bridgehead atoms. The first-order valence-electron chi connectivity index (χ1n) is 5.04. The maximum absolute atomic E-state index is 11.5. The van der Waals surface area contributed by atoms with Gasteiger partial charge < -0.3 is 10.1 Å². The average Bonchev–Trinajstić information content (AvgIpc) is 2.32. The van der Waals surface area contributed by atoms with Crippen LogP contribution in [-0.2, 0) is 9.53 Å². The summed E-state index contributed by atoms with van der Waals surface area (Å²) < 4.78 is 5.16. The van der Waals surface area contributed by atoms with Gasteiger partial charge in [0.1, 0.15) is 0 Å². The van der Waals surface area contributed by atoms with E-state index in [-0.39, 0.29) is 17.9 Å². The molecular formula is C10H19NO2. The lowest BCUT2D eigenvalue weighted by Crippen LogP contribution is -2.30. The Morgan fingerprint density at radius 2 is 2.38 bits per heavy atom. The molecule has 0 aromatic heterocycles. The molecule has 1 saturated heterocycles. The van der Waals surface area contributed by atoms with E-state index in [0.29, 0.717) is 0 Å². The fraction of sp³-hybridized carbons (Fsp3) is 0.900. The summed E-state index contributed by atoms with van der Waals surface area (Å²) in [7, 11) is 1.69. The maximum Gasteiger partial charge on any atom is 0.223 e. The summed E-state index contributed by atoms with van der Waals surface area (Å²) in [6.45, 7) is 2.86. The van der Waals surface area contributed by atoms with Crippen molar-refractivity contribution >= 4 is 5.91 Å². The van der Waals surface area contributed by atoms with Gasteiger partial charge in [0.25, 0.3) is 0 Å². The molecule has 0 aromatic carbocycles. The third-order valence-electron chi connectivity index (χ3n) is 2.67. The number of hydrogen-bond donors (Lipinski definition) is 1. The predicted molar refractivity (Wildman–Crippen MR) is 51.4 cm³/mol. The molecule has 13 heavy (non-hydrogen) atoms. The van der Waals surface area contributed by atoms with Crippen LogP contribution in [0.25, 0.3) is 0 Å². The van der Waals surface area contributed by atoms with Crippen LogP contribution in [0.2, 0.25) is 0 Å². The van der Waals surface area contributed by atoms with Crippen molar-refractivity contribution in [1.29, 1.82) is 0 Å². The Hall–Kier alpha value is -0.570. The molecule has 1 aliphatic rings. The predicted octanol–water partition coefficient (Wildman–Crippen LogP) is 1.33. The van der Waals surface area contributed by atoms with Gasteiger partial charge in [-0.1, -0.05) is 6.42 Å². The lowest BCUT2D eigenvalue weighted by Gasteiger charge is -2.16. The number of hydrogen-bond acceptors (Lipinski definition) is 2. The molecule has 0 aromatic rings. The monoisotopic (exact) mass is 185 g/mol. The zero-order valence-corrected chi connectivity index (χ0v) is 8.51. The number of carbonyl (C=O) groups is 1. The highest BCUT2D eigenvalue weighted by Gasteiger charge is 2.22. The fourth-order valence-corrected chi connectivity index (χ4v) is 1.72. The molecule has 0 spiro atoms. The number of nitrogens with one attached hydrogen (secondary N) is 1. The van der Waals surface area contributed by atoms with Crippen LogP contribution in [0.1, 0.15) is 32.6 Å². The van der Waals surface area contributed by atoms with E-state index in [1.807, 2.05) is 6.92 Å². The van der Waals surface area contributed by atoms with Gasteiger partial charge in [-0.2, -0.15) is 0 Å². The molecule has 1 fully saturated rings. The van der Waals surface area contributed by atoms with Crippen LogP contribution in [0.5, 0.6) is 0 Å². The van der Waals surface area contributed by atoms with Crippen LogP contribution < -0.4 is 5.32 Å². The van der Waals surface area contributed by atoms with Crippen molar-refractivity contribution in [2.75, 3.05) is 13.7 Å². The summed E-state index contributed by atoms with van der Waals surface area (Å²) in [5.74, 6) is 0.374. The third-order valence-corrected chi connectivity index (χ3v) is 2.67. The van der Waals surface area contributed by atoms with Crippen molar-refractivity contribution in [3.05, 3.63) is 0 Å². The molecule has 1 heterocycles. The summed E-state index contributed by atoms with van der Waals surface area (Å²) >= 11 is 0. The van der Waals surface area contributed by atoms with Crippen molar-refractivity contribution in [2.45, 2.75) is 38.7 Å². The first-order valence-corrected chi connectivity index (χ1v) is 5.04. The lowest BCUT2D eigenvalue weighted by molar-refractivity contribution is -0.125. The fourth-order valence-electron chi connectivity index (χ4n) is 1.72. The molecule has 2 atom stereocenters. The molecule has 0 aliphatic carbocycles. The summed E-state index contributed by atoms with van der Waals surface area (Å²) in [6, 6.07) is 0. The topological polar surface area (TPSA) is 38.3 Å². The largest absolute Gasteiger partial charge is 0.382 e. The highest BCUT2D eigenvalue weighted by Crippen LogP contribution is 2.18. The van der Waals surface area contributed by atoms with E-state index < -0.39 is 0 Å². The van der Waals surface area contributed by atoms with Gasteiger partial charge in [-0.15, -0.1) is 0 Å². The van der Waals surface area contributed by atoms with E-state index in [2.05, 4.69) is 5.32 Å². The van der Waals surface area contributed by atoms with Gasteiger partial charge in [0.15, 0.2) is 0 Å². The van der Waals surface area contributed by atoms with E-state index in [4.69, 9.17) is 4.74 Å². The second-order valence-electron chi connectivity index (χ2n) is 3.77. The Labute approximate surface area is 79.8 Å². The third kappa shape index (κ3) is 3.35. The number of carbonyl (C=O) groups excluding carboxylic acids is 1. The normalized spacial score (nSPS) is 26.3. The number of amides is 1. The minimum atomic E-state index is 0.164. The van der Waals surface area contributed by atoms with Crippen molar-refractivity contribution in [3.8, 4) is 0 Å². The van der Waals surface area contributed by atoms with Gasteiger partial charge in [0.2, 0.25) is 5.91 Å². The van der Waals surface area contributed by atoms with E-state index in [9.17, 15) is 4.79 Å². The van der Waals surface area contributed by atoms with Crippen molar-refractivity contribution in [2.24, 2.45) is 5.92 Å². The smallest absolute Gasteiger partial charge is 0.223 e. The van der Waals surface area contributed by atoms with E-state index in [1.165, 1.54) is 0 Å². The zero-order valence-electron chi connectivity index (χ0n) is 8.51. The van der Waals surface area contributed by atoms with Gasteiger partial charge in [-0.05, 0) is 26.2 Å². The quantitative estimate of drug-likeness (QED) is 0.720. The van der Waals surface area contributed by atoms with Gasteiger partial charge in [0.05, 0.1) is 6.10 Å². The van der Waals surface area contributed by atoms with Crippen LogP contribution in [0, 0.1) is 5.92 Å². The van der Waals surface area contributed by atoms with Gasteiger partial charge in [-0.3, -0.25) is 4.79 Å². The Bertz CT molecular complexity index is 170. The van der Waals surface area contributed by atoms with Crippen LogP contribution in [0.3, 0.4) is 0 Å². The first-order chi connectivity index (χ1) is 6.24. The molecule has 1 N–H and O–H groups in total. The molecule has 1 aliphatic heterocycles. The van der Waals surface area contributed by atoms with Gasteiger partial charge in [-0.25, -0.2) is 0 Å². The van der Waals surface area contributed by atoms with Crippen LogP contribution in [-0.4, -0.2) is 25.7 Å². The standard InChI is InChI=1S/C10H19NO2/c1-8(13-2)7-9-5-3-4-6-11-10(9)12/h8-9H,3-7H2,1-2H3,(H,11,12). The van der Waals surface area contributed by atoms with Crippen molar-refractivity contribution in [3.63, 3.8) is 0 Å². The lowest BCUT2D eigenvalue weighted by atomic mass is 9.96. The van der Waals surface area contributed by atoms with Crippen molar-refractivity contribution in [1.82, 2.24) is 5.32 Å². The SMILES string of the molecule is COC(C)CC1CCCCNC1=O. The minimum Gasteiger partial charge on any atom is -0.382 e. The first kappa shape index (κ1) is 10.5. The Balaban J connectivity index is 2.40. The average molecular weight is 185 g/mol. The Kier molecular flexibility index (Phi) is 4.22. The van der Waals surface area contributed by atoms with E-state index in [1.54, 1.807) is 7.11 Å². The molecular weight excluding hydrogens is 166 g/mol. The molecule has 76 valence electrons. The summed E-state index contributed by atoms with van der Waals surface area (Å²) in [6.07, 6.45) is 4.32. The van der Waals surface area contributed by atoms with E-state index >= 15 is 0 Å². The summed E-state index contributed by atoms with van der Waals surface area (Å²) in [5, 5.41) is 2.93. The Morgan fingerprint density at radius 1 is 1.62 bits per heavy atom. The summed E-state index contributed by atoms with van der Waals surface area (Å²) in [5.41, 5.74) is 0. The minimum absolute atomic E-state index is 0.164. The molecule has 3 heteroatoms. The molecule has 3 nitrogen and oxygen atoms in total. The van der Waals surface area contributed by atoms with Crippen LogP contribution in [0.4, 0.5) is 0 Å².